The summed E-state index contributed by atoms with van der Waals surface area (Å²) in [4.78, 5) is 14.3. The molecule has 0 bridgehead atoms. The quantitative estimate of drug-likeness (QED) is 0.756. The van der Waals surface area contributed by atoms with Crippen molar-refractivity contribution in [2.75, 3.05) is 31.9 Å². The summed E-state index contributed by atoms with van der Waals surface area (Å²) in [5.74, 6) is -0.174. The predicted molar refractivity (Wildman–Crippen MR) is 80.6 cm³/mol. The Balaban J connectivity index is 2.49. The maximum atomic E-state index is 12.0. The number of para-hydroxylation sites is 1. The number of nitrogen functional groups attached to an aromatic ring is 1. The normalized spacial score (nSPS) is 10.7. The van der Waals surface area contributed by atoms with Crippen LogP contribution in [-0.2, 0) is 0 Å². The Morgan fingerprint density at radius 1 is 1.37 bits per heavy atom. The van der Waals surface area contributed by atoms with Crippen LogP contribution in [0.3, 0.4) is 0 Å². The Labute approximate surface area is 119 Å². The molecule has 0 saturated heterocycles. The summed E-state index contributed by atoms with van der Waals surface area (Å²) in [5.41, 5.74) is 6.56. The lowest BCUT2D eigenvalue weighted by atomic mass is 10.1. The van der Waals surface area contributed by atoms with E-state index in [9.17, 15) is 4.79 Å². The van der Waals surface area contributed by atoms with Crippen LogP contribution >= 0.6 is 11.6 Å². The molecule has 19 heavy (non-hydrogen) atoms. The molecule has 1 aromatic carbocycles. The lowest BCUT2D eigenvalue weighted by Crippen LogP contribution is -2.35. The zero-order valence-corrected chi connectivity index (χ0v) is 12.3. The Morgan fingerprint density at radius 3 is 2.74 bits per heavy atom. The monoisotopic (exact) mass is 283 g/mol. The maximum absolute atomic E-state index is 12.0. The summed E-state index contributed by atoms with van der Waals surface area (Å²) in [5, 5.41) is 3.28. The average molecular weight is 284 g/mol. The summed E-state index contributed by atoms with van der Waals surface area (Å²) in [7, 11) is 0. The number of amides is 1. The van der Waals surface area contributed by atoms with Crippen molar-refractivity contribution < 1.29 is 4.79 Å². The number of nitrogens with one attached hydrogen (secondary N) is 1. The number of anilines is 1. The van der Waals surface area contributed by atoms with Crippen molar-refractivity contribution in [3.63, 3.8) is 0 Å². The van der Waals surface area contributed by atoms with E-state index in [2.05, 4.69) is 24.1 Å². The molecule has 1 aromatic rings. The first-order valence-corrected chi connectivity index (χ1v) is 7.02. The number of halogens is 1. The van der Waals surface area contributed by atoms with Gasteiger partial charge < -0.3 is 16.0 Å². The second-order valence-corrected chi connectivity index (χ2v) is 4.80. The van der Waals surface area contributed by atoms with Gasteiger partial charge in [0.15, 0.2) is 0 Å². The van der Waals surface area contributed by atoms with Crippen LogP contribution in [0.2, 0.25) is 5.02 Å². The number of carbonyl (C=O) groups excluding carboxylic acids is 1. The number of carbonyl (C=O) groups is 1. The SMILES string of the molecule is CCCN(CC)CCNC(=O)c1cccc(Cl)c1N. The molecular weight excluding hydrogens is 262 g/mol. The Hall–Kier alpha value is -1.26. The van der Waals surface area contributed by atoms with E-state index in [4.69, 9.17) is 17.3 Å². The van der Waals surface area contributed by atoms with Gasteiger partial charge in [-0.3, -0.25) is 4.79 Å². The second kappa shape index (κ2) is 8.02. The molecule has 0 unspecified atom stereocenters. The van der Waals surface area contributed by atoms with Crippen LogP contribution < -0.4 is 11.1 Å². The van der Waals surface area contributed by atoms with Crippen molar-refractivity contribution in [2.45, 2.75) is 20.3 Å². The van der Waals surface area contributed by atoms with Crippen molar-refractivity contribution in [1.29, 1.82) is 0 Å². The fourth-order valence-corrected chi connectivity index (χ4v) is 2.08. The molecule has 0 saturated carbocycles. The van der Waals surface area contributed by atoms with E-state index in [0.29, 0.717) is 22.8 Å². The molecule has 0 aliphatic rings. The zero-order valence-electron chi connectivity index (χ0n) is 11.6. The zero-order chi connectivity index (χ0) is 14.3. The van der Waals surface area contributed by atoms with Gasteiger partial charge in [0.2, 0.25) is 0 Å². The van der Waals surface area contributed by atoms with E-state index in [1.165, 1.54) is 0 Å². The Bertz CT molecular complexity index is 423. The molecule has 0 fully saturated rings. The van der Waals surface area contributed by atoms with E-state index >= 15 is 0 Å². The van der Waals surface area contributed by atoms with Crippen molar-refractivity contribution in [2.24, 2.45) is 0 Å². The minimum atomic E-state index is -0.174. The molecule has 0 aromatic heterocycles. The first kappa shape index (κ1) is 15.8. The van der Waals surface area contributed by atoms with E-state index in [1.807, 2.05) is 0 Å². The molecule has 0 spiro atoms. The minimum absolute atomic E-state index is 0.174. The number of hydrogen-bond acceptors (Lipinski definition) is 3. The predicted octanol–water partition coefficient (Wildman–Crippen LogP) is 2.38. The van der Waals surface area contributed by atoms with Gasteiger partial charge in [-0.25, -0.2) is 0 Å². The van der Waals surface area contributed by atoms with Crippen LogP contribution in [0.15, 0.2) is 18.2 Å². The topological polar surface area (TPSA) is 58.4 Å². The molecule has 0 atom stereocenters. The summed E-state index contributed by atoms with van der Waals surface area (Å²) in [6, 6.07) is 5.08. The summed E-state index contributed by atoms with van der Waals surface area (Å²) < 4.78 is 0. The number of nitrogens with zero attached hydrogens (tertiary/aromatic N) is 1. The van der Waals surface area contributed by atoms with Gasteiger partial charge in [0.1, 0.15) is 0 Å². The van der Waals surface area contributed by atoms with Crippen LogP contribution in [0.1, 0.15) is 30.6 Å². The highest BCUT2D eigenvalue weighted by Gasteiger charge is 2.11. The number of rotatable bonds is 7. The second-order valence-electron chi connectivity index (χ2n) is 4.39. The van der Waals surface area contributed by atoms with Crippen LogP contribution in [-0.4, -0.2) is 37.0 Å². The van der Waals surface area contributed by atoms with Crippen molar-refractivity contribution in [3.8, 4) is 0 Å². The molecule has 3 N–H and O–H groups in total. The highest BCUT2D eigenvalue weighted by Crippen LogP contribution is 2.21. The molecule has 1 rings (SSSR count). The van der Waals surface area contributed by atoms with Crippen molar-refractivity contribution in [3.05, 3.63) is 28.8 Å². The molecule has 4 nitrogen and oxygen atoms in total. The van der Waals surface area contributed by atoms with Crippen LogP contribution in [0.25, 0.3) is 0 Å². The molecule has 0 heterocycles. The van der Waals surface area contributed by atoms with Gasteiger partial charge in [-0.2, -0.15) is 0 Å². The third kappa shape index (κ3) is 4.73. The van der Waals surface area contributed by atoms with E-state index in [1.54, 1.807) is 18.2 Å². The van der Waals surface area contributed by atoms with Gasteiger partial charge in [0.25, 0.3) is 5.91 Å². The highest BCUT2D eigenvalue weighted by atomic mass is 35.5. The van der Waals surface area contributed by atoms with E-state index in [0.717, 1.165) is 26.1 Å². The Morgan fingerprint density at radius 2 is 2.11 bits per heavy atom. The fraction of sp³-hybridized carbons (Fsp3) is 0.500. The van der Waals surface area contributed by atoms with E-state index in [-0.39, 0.29) is 5.91 Å². The summed E-state index contributed by atoms with van der Waals surface area (Å²) in [6.45, 7) is 7.75. The highest BCUT2D eigenvalue weighted by molar-refractivity contribution is 6.33. The lowest BCUT2D eigenvalue weighted by molar-refractivity contribution is 0.0949. The van der Waals surface area contributed by atoms with Crippen molar-refractivity contribution >= 4 is 23.2 Å². The number of likely N-dealkylation sites (N-methyl/N-ethyl adjacent to an activating group) is 1. The molecule has 0 aliphatic carbocycles. The van der Waals surface area contributed by atoms with Crippen LogP contribution in [0.4, 0.5) is 5.69 Å². The largest absolute Gasteiger partial charge is 0.397 e. The molecule has 106 valence electrons. The van der Waals surface area contributed by atoms with Gasteiger partial charge in [-0.05, 0) is 31.6 Å². The van der Waals surface area contributed by atoms with Crippen LogP contribution in [0, 0.1) is 0 Å². The van der Waals surface area contributed by atoms with E-state index < -0.39 is 0 Å². The smallest absolute Gasteiger partial charge is 0.253 e. The first-order valence-electron chi connectivity index (χ1n) is 6.64. The Kier molecular flexibility index (Phi) is 6.67. The first-order chi connectivity index (χ1) is 9.10. The average Bonchev–Trinajstić information content (AvgIpc) is 2.40. The number of nitrogens with two attached hydrogens (primary N) is 1. The third-order valence-electron chi connectivity index (χ3n) is 3.00. The lowest BCUT2D eigenvalue weighted by Gasteiger charge is -2.19. The fourth-order valence-electron chi connectivity index (χ4n) is 1.90. The number of benzene rings is 1. The molecule has 5 heteroatoms. The van der Waals surface area contributed by atoms with Crippen LogP contribution in [0.5, 0.6) is 0 Å². The molecule has 0 radical (unpaired) electrons. The summed E-state index contributed by atoms with van der Waals surface area (Å²) in [6.07, 6.45) is 1.11. The molecule has 0 aliphatic heterocycles. The van der Waals surface area contributed by atoms with Gasteiger partial charge in [0.05, 0.1) is 16.3 Å². The summed E-state index contributed by atoms with van der Waals surface area (Å²) >= 11 is 5.89. The third-order valence-corrected chi connectivity index (χ3v) is 3.33. The van der Waals surface area contributed by atoms with Crippen molar-refractivity contribution in [1.82, 2.24) is 10.2 Å². The van der Waals surface area contributed by atoms with Gasteiger partial charge in [-0.15, -0.1) is 0 Å². The minimum Gasteiger partial charge on any atom is -0.397 e. The van der Waals surface area contributed by atoms with Gasteiger partial charge >= 0.3 is 0 Å². The molecule has 1 amide bonds. The standard InChI is InChI=1S/C14H22ClN3O/c1-3-9-18(4-2)10-8-17-14(19)11-6-5-7-12(15)13(11)16/h5-7H,3-4,8-10,16H2,1-2H3,(H,17,19). The number of hydrogen-bond donors (Lipinski definition) is 2. The van der Waals surface area contributed by atoms with Gasteiger partial charge in [-0.1, -0.05) is 31.5 Å². The van der Waals surface area contributed by atoms with Gasteiger partial charge in [0, 0.05) is 13.1 Å². The maximum Gasteiger partial charge on any atom is 0.253 e. The molecular formula is C14H22ClN3O.